The Bertz CT molecular complexity index is 893. The van der Waals surface area contributed by atoms with Gasteiger partial charge in [-0.15, -0.1) is 0 Å². The molecule has 9 N–H and O–H groups in total. The molecule has 0 amide bonds. The molecule has 0 aromatic carbocycles. The Balaban J connectivity index is 1.50. The molecule has 0 aromatic heterocycles. The van der Waals surface area contributed by atoms with Gasteiger partial charge in [0.05, 0.1) is 49.8 Å². The maximum Gasteiger partial charge on any atom is 0.337 e. The van der Waals surface area contributed by atoms with Crippen molar-refractivity contribution in [1.82, 2.24) is 0 Å². The molecule has 4 aliphatic rings. The first-order valence-electron chi connectivity index (χ1n) is 12.4. The number of esters is 1. The van der Waals surface area contributed by atoms with Crippen LogP contribution in [0.25, 0.3) is 0 Å². The summed E-state index contributed by atoms with van der Waals surface area (Å²) in [7, 11) is 1.14. The highest BCUT2D eigenvalue weighted by atomic mass is 16.8. The van der Waals surface area contributed by atoms with E-state index >= 15 is 0 Å². The molecule has 16 nitrogen and oxygen atoms in total. The molecule has 16 heteroatoms. The number of rotatable bonds is 7. The molecule has 39 heavy (non-hydrogen) atoms. The minimum Gasteiger partial charge on any atom is -0.471 e. The molecule has 15 atom stereocenters. The Hall–Kier alpha value is -1.51. The summed E-state index contributed by atoms with van der Waals surface area (Å²) in [5.41, 5.74) is -1.62. The molecular formula is C23H36O16. The summed E-state index contributed by atoms with van der Waals surface area (Å²) >= 11 is 0. The average Bonchev–Trinajstić information content (AvgIpc) is 3.16. The van der Waals surface area contributed by atoms with E-state index in [9.17, 15) is 50.8 Å². The minimum atomic E-state index is -1.85. The lowest BCUT2D eigenvalue weighted by molar-refractivity contribution is -0.376. The first kappa shape index (κ1) is 30.4. The van der Waals surface area contributed by atoms with Gasteiger partial charge in [0.1, 0.15) is 48.8 Å². The predicted octanol–water partition coefficient (Wildman–Crippen LogP) is -5.21. The number of aliphatic hydroxyl groups is 9. The van der Waals surface area contributed by atoms with Crippen LogP contribution in [0.1, 0.15) is 13.3 Å². The van der Waals surface area contributed by atoms with Crippen LogP contribution < -0.4 is 0 Å². The number of hydrogen-bond donors (Lipinski definition) is 9. The molecule has 1 aliphatic carbocycles. The lowest BCUT2D eigenvalue weighted by atomic mass is 9.80. The van der Waals surface area contributed by atoms with Crippen LogP contribution in [0, 0.1) is 11.8 Å². The van der Waals surface area contributed by atoms with Gasteiger partial charge in [-0.05, 0) is 6.92 Å². The SMILES string of the molecule is COC(=O)C1=CO[C@H](O[C@@H]2O[C@H](CO)[C@@H](O[C@@H]3O[C@H](CO)[C@@H](O)[C@H](O)[C@H]3O)[C@H](O)[C@H]2O)[C@H]2[C@@H]1[C@H](O)C[C@]2(C)O. The molecule has 0 aromatic rings. The Morgan fingerprint density at radius 1 is 0.897 bits per heavy atom. The van der Waals surface area contributed by atoms with Gasteiger partial charge in [0, 0.05) is 12.3 Å². The highest BCUT2D eigenvalue weighted by Gasteiger charge is 2.60. The van der Waals surface area contributed by atoms with Crippen molar-refractivity contribution in [1.29, 1.82) is 0 Å². The predicted molar refractivity (Wildman–Crippen MR) is 121 cm³/mol. The smallest absolute Gasteiger partial charge is 0.337 e. The summed E-state index contributed by atoms with van der Waals surface area (Å²) in [6, 6.07) is 0. The van der Waals surface area contributed by atoms with Gasteiger partial charge in [0.2, 0.25) is 6.29 Å². The first-order chi connectivity index (χ1) is 18.4. The van der Waals surface area contributed by atoms with Crippen molar-refractivity contribution >= 4 is 5.97 Å². The van der Waals surface area contributed by atoms with E-state index in [1.54, 1.807) is 0 Å². The Labute approximate surface area is 222 Å². The zero-order chi connectivity index (χ0) is 28.8. The zero-order valence-corrected chi connectivity index (χ0v) is 21.2. The second-order valence-corrected chi connectivity index (χ2v) is 10.4. The van der Waals surface area contributed by atoms with Crippen LogP contribution in [0.2, 0.25) is 0 Å². The van der Waals surface area contributed by atoms with Crippen LogP contribution in [0.15, 0.2) is 11.8 Å². The van der Waals surface area contributed by atoms with Gasteiger partial charge in [-0.2, -0.15) is 0 Å². The average molecular weight is 569 g/mol. The molecule has 3 aliphatic heterocycles. The maximum absolute atomic E-state index is 12.2. The van der Waals surface area contributed by atoms with Crippen LogP contribution in [-0.4, -0.2) is 152 Å². The van der Waals surface area contributed by atoms with Crippen molar-refractivity contribution in [3.63, 3.8) is 0 Å². The molecule has 1 saturated carbocycles. The first-order valence-corrected chi connectivity index (χ1v) is 12.4. The summed E-state index contributed by atoms with van der Waals surface area (Å²) < 4.78 is 32.4. The fourth-order valence-corrected chi connectivity index (χ4v) is 5.70. The van der Waals surface area contributed by atoms with Gasteiger partial charge in [-0.3, -0.25) is 0 Å². The van der Waals surface area contributed by atoms with Gasteiger partial charge in [-0.1, -0.05) is 0 Å². The quantitative estimate of drug-likeness (QED) is 0.130. The summed E-state index contributed by atoms with van der Waals surface area (Å²) in [6.07, 6.45) is -18.2. The van der Waals surface area contributed by atoms with Gasteiger partial charge < -0.3 is 74.4 Å². The summed E-state index contributed by atoms with van der Waals surface area (Å²) in [5.74, 6) is -2.76. The topological polar surface area (TPSA) is 255 Å². The lowest BCUT2D eigenvalue weighted by Crippen LogP contribution is -2.65. The molecule has 0 radical (unpaired) electrons. The van der Waals surface area contributed by atoms with E-state index < -0.39 is 110 Å². The molecule has 3 fully saturated rings. The van der Waals surface area contributed by atoms with E-state index in [1.165, 1.54) is 6.92 Å². The van der Waals surface area contributed by atoms with Gasteiger partial charge in [0.25, 0.3) is 0 Å². The van der Waals surface area contributed by atoms with E-state index in [-0.39, 0.29) is 12.0 Å². The van der Waals surface area contributed by atoms with Gasteiger partial charge in [-0.25, -0.2) is 4.79 Å². The zero-order valence-electron chi connectivity index (χ0n) is 21.2. The number of carbonyl (C=O) groups is 1. The van der Waals surface area contributed by atoms with E-state index in [1.807, 2.05) is 0 Å². The fraction of sp³-hybridized carbons (Fsp3) is 0.870. The maximum atomic E-state index is 12.2. The highest BCUT2D eigenvalue weighted by Crippen LogP contribution is 2.49. The van der Waals surface area contributed by atoms with Crippen molar-refractivity contribution in [2.24, 2.45) is 11.8 Å². The molecule has 0 unspecified atom stereocenters. The third-order valence-electron chi connectivity index (χ3n) is 7.77. The monoisotopic (exact) mass is 568 g/mol. The molecule has 2 saturated heterocycles. The molecule has 4 rings (SSSR count). The van der Waals surface area contributed by atoms with Crippen molar-refractivity contribution < 1.29 is 79.2 Å². The van der Waals surface area contributed by atoms with Crippen molar-refractivity contribution in [2.75, 3.05) is 20.3 Å². The van der Waals surface area contributed by atoms with Gasteiger partial charge in [0.15, 0.2) is 12.6 Å². The highest BCUT2D eigenvalue weighted by molar-refractivity contribution is 5.89. The van der Waals surface area contributed by atoms with E-state index in [0.29, 0.717) is 0 Å². The molecule has 224 valence electrons. The molecule has 0 bridgehead atoms. The minimum absolute atomic E-state index is 0.0287. The summed E-state index contributed by atoms with van der Waals surface area (Å²) in [6.45, 7) is -0.106. The fourth-order valence-electron chi connectivity index (χ4n) is 5.70. The Kier molecular flexibility index (Phi) is 9.19. The van der Waals surface area contributed by atoms with Crippen LogP contribution in [0.5, 0.6) is 0 Å². The Morgan fingerprint density at radius 3 is 2.10 bits per heavy atom. The lowest BCUT2D eigenvalue weighted by Gasteiger charge is -2.47. The van der Waals surface area contributed by atoms with Gasteiger partial charge >= 0.3 is 5.97 Å². The number of hydrogen-bond acceptors (Lipinski definition) is 16. The Morgan fingerprint density at radius 2 is 1.49 bits per heavy atom. The van der Waals surface area contributed by atoms with Crippen LogP contribution in [0.3, 0.4) is 0 Å². The summed E-state index contributed by atoms with van der Waals surface area (Å²) in [4.78, 5) is 12.2. The van der Waals surface area contributed by atoms with Crippen molar-refractivity contribution in [2.45, 2.75) is 92.8 Å². The molecular weight excluding hydrogens is 532 g/mol. The third-order valence-corrected chi connectivity index (χ3v) is 7.77. The molecule has 0 spiro atoms. The standard InChI is InChI=1S/C23H36O16/c1-23(33)3-8(26)11-7(19(32)34-2)6-35-20(12(11)23)39-22-17(31)15(29)18(10(5-25)37-22)38-21-16(30)14(28)13(27)9(4-24)36-21/h6,8-18,20-22,24-31,33H,3-5H2,1-2H3/t8-,9-,10-,11+,12-,13-,14+,15-,16-,17-,18-,20-,21+,22+,23+/m1/s1. The van der Waals surface area contributed by atoms with Crippen LogP contribution in [0.4, 0.5) is 0 Å². The van der Waals surface area contributed by atoms with Crippen molar-refractivity contribution in [3.05, 3.63) is 11.8 Å². The normalized spacial score (nSPS) is 50.1. The number of aliphatic hydroxyl groups excluding tert-OH is 8. The second-order valence-electron chi connectivity index (χ2n) is 10.4. The molecule has 3 heterocycles. The second kappa shape index (κ2) is 11.8. The largest absolute Gasteiger partial charge is 0.471 e. The van der Waals surface area contributed by atoms with Crippen molar-refractivity contribution in [3.8, 4) is 0 Å². The van der Waals surface area contributed by atoms with E-state index in [0.717, 1.165) is 13.4 Å². The third kappa shape index (κ3) is 5.54. The van der Waals surface area contributed by atoms with E-state index in [4.69, 9.17) is 28.4 Å². The van der Waals surface area contributed by atoms with Crippen LogP contribution in [-0.2, 0) is 33.2 Å². The van der Waals surface area contributed by atoms with Crippen LogP contribution >= 0.6 is 0 Å². The number of methoxy groups -OCH3 is 1. The number of carbonyl (C=O) groups excluding carboxylic acids is 1. The number of fused-ring (bicyclic) bond motifs is 1. The van der Waals surface area contributed by atoms with E-state index in [2.05, 4.69) is 0 Å². The number of ether oxygens (including phenoxy) is 6. The summed E-state index contributed by atoms with van der Waals surface area (Å²) in [5, 5.41) is 92.7.